The molecule has 3 rings (SSSR count). The van der Waals surface area contributed by atoms with Gasteiger partial charge in [-0.1, -0.05) is 36.4 Å². The van der Waals surface area contributed by atoms with Crippen LogP contribution < -0.4 is 4.74 Å². The lowest BCUT2D eigenvalue weighted by Gasteiger charge is -2.07. The number of nitrogens with zero attached hydrogens (tertiary/aromatic N) is 3. The van der Waals surface area contributed by atoms with Crippen LogP contribution in [0, 0.1) is 29.6 Å². The summed E-state index contributed by atoms with van der Waals surface area (Å²) in [6.07, 6.45) is 3.30. The number of ether oxygens (including phenoxy) is 1. The first-order valence-electron chi connectivity index (χ1n) is 7.98. The zero-order valence-corrected chi connectivity index (χ0v) is 14.1. The Kier molecular flexibility index (Phi) is 4.83. The van der Waals surface area contributed by atoms with Crippen molar-refractivity contribution in [2.75, 3.05) is 6.61 Å². The van der Waals surface area contributed by atoms with E-state index in [2.05, 4.69) is 0 Å². The van der Waals surface area contributed by atoms with Crippen molar-refractivity contribution in [3.63, 3.8) is 0 Å². The first-order valence-corrected chi connectivity index (χ1v) is 7.98. The fourth-order valence-electron chi connectivity index (χ4n) is 2.77. The van der Waals surface area contributed by atoms with E-state index in [0.29, 0.717) is 17.0 Å². The number of hydrogen-bond acceptors (Lipinski definition) is 4. The van der Waals surface area contributed by atoms with Crippen LogP contribution in [0.15, 0.2) is 60.3 Å². The molecule has 3 aromatic rings. The van der Waals surface area contributed by atoms with Gasteiger partial charge in [0.2, 0.25) is 0 Å². The molecular formula is C21H15N3O2. The van der Waals surface area contributed by atoms with E-state index in [1.165, 1.54) is 6.08 Å². The summed E-state index contributed by atoms with van der Waals surface area (Å²) in [6, 6.07) is 18.3. The number of hydrogen-bond donors (Lipinski definition) is 0. The van der Waals surface area contributed by atoms with E-state index in [0.717, 1.165) is 11.1 Å². The standard InChI is InChI=1S/C21H15N3O2/c1-15-18-9-5-6-10-24(18)19(11-16(12-22)13-23)21(15)26-14-20(25)17-7-3-2-4-8-17/h2-11H,14H2,1H3. The van der Waals surface area contributed by atoms with Crippen molar-refractivity contribution in [2.45, 2.75) is 6.92 Å². The van der Waals surface area contributed by atoms with Crippen molar-refractivity contribution in [3.8, 4) is 17.9 Å². The Labute approximate surface area is 151 Å². The van der Waals surface area contributed by atoms with E-state index < -0.39 is 0 Å². The molecule has 2 heterocycles. The number of nitriles is 2. The van der Waals surface area contributed by atoms with Crippen molar-refractivity contribution >= 4 is 17.4 Å². The van der Waals surface area contributed by atoms with Gasteiger partial charge in [-0.05, 0) is 25.1 Å². The summed E-state index contributed by atoms with van der Waals surface area (Å²) in [4.78, 5) is 12.3. The maximum atomic E-state index is 12.3. The van der Waals surface area contributed by atoms with E-state index in [-0.39, 0.29) is 18.0 Å². The Hall–Kier alpha value is -3.83. The van der Waals surface area contributed by atoms with Gasteiger partial charge in [-0.2, -0.15) is 10.5 Å². The molecule has 0 radical (unpaired) electrons. The minimum Gasteiger partial charge on any atom is -0.483 e. The molecule has 0 bridgehead atoms. The van der Waals surface area contributed by atoms with Gasteiger partial charge in [-0.3, -0.25) is 4.79 Å². The van der Waals surface area contributed by atoms with E-state index in [4.69, 9.17) is 15.3 Å². The van der Waals surface area contributed by atoms with E-state index >= 15 is 0 Å². The van der Waals surface area contributed by atoms with Gasteiger partial charge in [0.1, 0.15) is 23.5 Å². The average molecular weight is 341 g/mol. The lowest BCUT2D eigenvalue weighted by Crippen LogP contribution is -2.12. The molecule has 0 saturated carbocycles. The van der Waals surface area contributed by atoms with Crippen LogP contribution in [0.3, 0.4) is 0 Å². The number of carbonyl (C=O) groups excluding carboxylic acids is 1. The molecule has 0 saturated heterocycles. The van der Waals surface area contributed by atoms with Gasteiger partial charge in [-0.15, -0.1) is 0 Å². The Morgan fingerprint density at radius 3 is 2.50 bits per heavy atom. The van der Waals surface area contributed by atoms with Gasteiger partial charge in [0.15, 0.2) is 12.4 Å². The van der Waals surface area contributed by atoms with Crippen molar-refractivity contribution in [3.05, 3.63) is 77.1 Å². The van der Waals surface area contributed by atoms with Gasteiger partial charge >= 0.3 is 0 Å². The minimum absolute atomic E-state index is 0.0347. The van der Waals surface area contributed by atoms with E-state index in [1.807, 2.05) is 53.9 Å². The topological polar surface area (TPSA) is 78.3 Å². The third kappa shape index (κ3) is 3.19. The highest BCUT2D eigenvalue weighted by atomic mass is 16.5. The molecule has 2 aromatic heterocycles. The molecule has 0 aliphatic heterocycles. The van der Waals surface area contributed by atoms with Gasteiger partial charge in [-0.25, -0.2) is 0 Å². The van der Waals surface area contributed by atoms with Crippen LogP contribution in [-0.2, 0) is 0 Å². The number of pyridine rings is 1. The first kappa shape index (κ1) is 17.0. The molecule has 5 nitrogen and oxygen atoms in total. The van der Waals surface area contributed by atoms with Crippen molar-refractivity contribution in [1.82, 2.24) is 4.40 Å². The highest BCUT2D eigenvalue weighted by molar-refractivity contribution is 5.97. The fraction of sp³-hybridized carbons (Fsp3) is 0.0952. The molecule has 0 N–H and O–H groups in total. The third-order valence-electron chi connectivity index (χ3n) is 4.04. The van der Waals surface area contributed by atoms with Crippen LogP contribution in [0.2, 0.25) is 0 Å². The molecule has 0 aliphatic carbocycles. The smallest absolute Gasteiger partial charge is 0.200 e. The second-order valence-electron chi connectivity index (χ2n) is 5.65. The van der Waals surface area contributed by atoms with Crippen LogP contribution in [0.25, 0.3) is 11.6 Å². The summed E-state index contributed by atoms with van der Waals surface area (Å²) >= 11 is 0. The Bertz CT molecular complexity index is 1060. The first-order chi connectivity index (χ1) is 12.7. The summed E-state index contributed by atoms with van der Waals surface area (Å²) in [6.45, 7) is 1.75. The second-order valence-corrected chi connectivity index (χ2v) is 5.65. The van der Waals surface area contributed by atoms with Gasteiger partial charge in [0.05, 0.1) is 11.2 Å². The summed E-state index contributed by atoms with van der Waals surface area (Å²) < 4.78 is 7.66. The quantitative estimate of drug-likeness (QED) is 0.520. The van der Waals surface area contributed by atoms with Crippen LogP contribution in [0.1, 0.15) is 21.6 Å². The van der Waals surface area contributed by atoms with Crippen LogP contribution >= 0.6 is 0 Å². The highest BCUT2D eigenvalue weighted by Gasteiger charge is 2.17. The number of allylic oxidation sites excluding steroid dienone is 1. The highest BCUT2D eigenvalue weighted by Crippen LogP contribution is 2.32. The molecule has 1 aromatic carbocycles. The maximum absolute atomic E-state index is 12.3. The van der Waals surface area contributed by atoms with Gasteiger partial charge in [0.25, 0.3) is 0 Å². The zero-order chi connectivity index (χ0) is 18.5. The SMILES string of the molecule is Cc1c(OCC(=O)c2ccccc2)c(C=C(C#N)C#N)n2ccccc12. The number of aryl methyl sites for hydroxylation is 1. The van der Waals surface area contributed by atoms with Crippen molar-refractivity contribution < 1.29 is 9.53 Å². The molecule has 0 aliphatic rings. The van der Waals surface area contributed by atoms with E-state index in [9.17, 15) is 4.79 Å². The van der Waals surface area contributed by atoms with Crippen molar-refractivity contribution in [1.29, 1.82) is 10.5 Å². The van der Waals surface area contributed by atoms with Crippen molar-refractivity contribution in [2.24, 2.45) is 0 Å². The van der Waals surface area contributed by atoms with E-state index in [1.54, 1.807) is 24.3 Å². The lowest BCUT2D eigenvalue weighted by molar-refractivity contribution is 0.0921. The fourth-order valence-corrected chi connectivity index (χ4v) is 2.77. The number of ketones is 1. The molecule has 5 heteroatoms. The normalized spacial score (nSPS) is 9.96. The Morgan fingerprint density at radius 1 is 1.12 bits per heavy atom. The van der Waals surface area contributed by atoms with Gasteiger partial charge < -0.3 is 9.14 Å². The summed E-state index contributed by atoms with van der Waals surface area (Å²) in [5.41, 5.74) is 2.83. The largest absolute Gasteiger partial charge is 0.483 e. The maximum Gasteiger partial charge on any atom is 0.200 e. The lowest BCUT2D eigenvalue weighted by atomic mass is 10.1. The summed E-state index contributed by atoms with van der Waals surface area (Å²) in [5.74, 6) is 0.347. The predicted molar refractivity (Wildman–Crippen MR) is 97.6 cm³/mol. The molecule has 0 fully saturated rings. The van der Waals surface area contributed by atoms with Crippen LogP contribution in [-0.4, -0.2) is 16.8 Å². The molecule has 0 spiro atoms. The molecular weight excluding hydrogens is 326 g/mol. The average Bonchev–Trinajstić information content (AvgIpc) is 2.96. The Balaban J connectivity index is 2.01. The number of carbonyl (C=O) groups is 1. The van der Waals surface area contributed by atoms with Crippen LogP contribution in [0.5, 0.6) is 5.75 Å². The summed E-state index contributed by atoms with van der Waals surface area (Å²) in [5, 5.41) is 18.2. The minimum atomic E-state index is -0.143. The van der Waals surface area contributed by atoms with Gasteiger partial charge in [0, 0.05) is 17.3 Å². The number of fused-ring (bicyclic) bond motifs is 1. The Morgan fingerprint density at radius 2 is 1.81 bits per heavy atom. The molecule has 126 valence electrons. The summed E-state index contributed by atoms with van der Waals surface area (Å²) in [7, 11) is 0. The zero-order valence-electron chi connectivity index (χ0n) is 14.1. The van der Waals surface area contributed by atoms with Crippen LogP contribution in [0.4, 0.5) is 0 Å². The monoisotopic (exact) mass is 341 g/mol. The predicted octanol–water partition coefficient (Wildman–Crippen LogP) is 3.94. The third-order valence-corrected chi connectivity index (χ3v) is 4.04. The number of rotatable bonds is 5. The number of aromatic nitrogens is 1. The molecule has 0 amide bonds. The number of benzene rings is 1. The molecule has 0 atom stereocenters. The second kappa shape index (κ2) is 7.38. The molecule has 26 heavy (non-hydrogen) atoms. The molecule has 0 unspecified atom stereocenters. The number of Topliss-reactive ketones (excluding diaryl/α,β-unsaturated/α-hetero) is 1.